The predicted octanol–water partition coefficient (Wildman–Crippen LogP) is 4.30. The molecule has 0 radical (unpaired) electrons. The second-order valence-corrected chi connectivity index (χ2v) is 6.64. The number of rotatable bonds is 4. The van der Waals surface area contributed by atoms with Crippen molar-refractivity contribution in [2.24, 2.45) is 5.92 Å². The van der Waals surface area contributed by atoms with Crippen molar-refractivity contribution in [2.75, 3.05) is 6.54 Å². The summed E-state index contributed by atoms with van der Waals surface area (Å²) in [6.45, 7) is 1.23. The van der Waals surface area contributed by atoms with Gasteiger partial charge in [0, 0.05) is 10.9 Å². The predicted molar refractivity (Wildman–Crippen MR) is 74.6 cm³/mol. The average Bonchev–Trinajstić information content (AvgIpc) is 2.99. The van der Waals surface area contributed by atoms with Gasteiger partial charge in [-0.3, -0.25) is 0 Å². The van der Waals surface area contributed by atoms with Crippen LogP contribution in [0.25, 0.3) is 0 Å². The molecule has 1 aromatic rings. The van der Waals surface area contributed by atoms with Crippen LogP contribution in [-0.4, -0.2) is 6.54 Å². The van der Waals surface area contributed by atoms with Crippen molar-refractivity contribution in [1.29, 1.82) is 0 Å². The van der Waals surface area contributed by atoms with Crippen LogP contribution in [0.3, 0.4) is 0 Å². The van der Waals surface area contributed by atoms with Crippen molar-refractivity contribution in [3.8, 4) is 0 Å². The monoisotopic (exact) mass is 249 g/mol. The van der Waals surface area contributed by atoms with E-state index in [0.717, 1.165) is 5.92 Å². The zero-order valence-electron chi connectivity index (χ0n) is 10.6. The molecule has 2 aliphatic carbocycles. The SMILES string of the molecule is c1cc2c(s1)CCCC2NCCC1CCCC1. The van der Waals surface area contributed by atoms with Gasteiger partial charge in [-0.2, -0.15) is 0 Å². The molecule has 1 nitrogen and oxygen atoms in total. The Morgan fingerprint density at radius 2 is 2.06 bits per heavy atom. The third-order valence-corrected chi connectivity index (χ3v) is 5.47. The van der Waals surface area contributed by atoms with Gasteiger partial charge in [0.25, 0.3) is 0 Å². The Morgan fingerprint density at radius 3 is 2.94 bits per heavy atom. The molecule has 1 fully saturated rings. The van der Waals surface area contributed by atoms with Gasteiger partial charge >= 0.3 is 0 Å². The molecule has 1 aromatic heterocycles. The smallest absolute Gasteiger partial charge is 0.0331 e. The third-order valence-electron chi connectivity index (χ3n) is 4.47. The summed E-state index contributed by atoms with van der Waals surface area (Å²) < 4.78 is 0. The number of fused-ring (bicyclic) bond motifs is 1. The van der Waals surface area contributed by atoms with Gasteiger partial charge in [-0.15, -0.1) is 11.3 Å². The third kappa shape index (κ3) is 2.74. The van der Waals surface area contributed by atoms with Crippen molar-refractivity contribution >= 4 is 11.3 Å². The van der Waals surface area contributed by atoms with Crippen molar-refractivity contribution < 1.29 is 0 Å². The van der Waals surface area contributed by atoms with E-state index >= 15 is 0 Å². The fraction of sp³-hybridized carbons (Fsp3) is 0.733. The van der Waals surface area contributed by atoms with E-state index in [-0.39, 0.29) is 0 Å². The highest BCUT2D eigenvalue weighted by molar-refractivity contribution is 7.10. The molecule has 0 saturated heterocycles. The first-order chi connectivity index (χ1) is 8.43. The molecule has 0 amide bonds. The van der Waals surface area contributed by atoms with Crippen LogP contribution in [0.4, 0.5) is 0 Å². The molecule has 0 aliphatic heterocycles. The molecule has 94 valence electrons. The normalized spacial score (nSPS) is 25.1. The van der Waals surface area contributed by atoms with Crippen LogP contribution in [0.2, 0.25) is 0 Å². The van der Waals surface area contributed by atoms with Gasteiger partial charge < -0.3 is 5.32 Å². The summed E-state index contributed by atoms with van der Waals surface area (Å²) in [5, 5.41) is 6.06. The maximum atomic E-state index is 3.80. The summed E-state index contributed by atoms with van der Waals surface area (Å²) in [5.74, 6) is 1.02. The highest BCUT2D eigenvalue weighted by atomic mass is 32.1. The van der Waals surface area contributed by atoms with Crippen LogP contribution in [0.15, 0.2) is 11.4 Å². The lowest BCUT2D eigenvalue weighted by Gasteiger charge is -2.24. The summed E-state index contributed by atoms with van der Waals surface area (Å²) in [5.41, 5.74) is 1.60. The number of nitrogens with one attached hydrogen (secondary N) is 1. The molecule has 1 N–H and O–H groups in total. The fourth-order valence-corrected chi connectivity index (χ4v) is 4.45. The van der Waals surface area contributed by atoms with E-state index in [0.29, 0.717) is 6.04 Å². The van der Waals surface area contributed by atoms with E-state index < -0.39 is 0 Å². The van der Waals surface area contributed by atoms with Crippen molar-refractivity contribution in [1.82, 2.24) is 5.32 Å². The van der Waals surface area contributed by atoms with Crippen LogP contribution in [0.1, 0.15) is 61.4 Å². The molecule has 1 saturated carbocycles. The Balaban J connectivity index is 1.49. The highest BCUT2D eigenvalue weighted by Gasteiger charge is 2.21. The molecule has 0 bridgehead atoms. The van der Waals surface area contributed by atoms with Gasteiger partial charge in [-0.1, -0.05) is 25.7 Å². The van der Waals surface area contributed by atoms with Gasteiger partial charge in [-0.05, 0) is 55.2 Å². The summed E-state index contributed by atoms with van der Waals surface area (Å²) in [7, 11) is 0. The van der Waals surface area contributed by atoms with E-state index in [1.807, 2.05) is 11.3 Å². The molecule has 1 unspecified atom stereocenters. The summed E-state index contributed by atoms with van der Waals surface area (Å²) in [6, 6.07) is 3.00. The van der Waals surface area contributed by atoms with E-state index in [2.05, 4.69) is 16.8 Å². The van der Waals surface area contributed by atoms with E-state index in [4.69, 9.17) is 0 Å². The summed E-state index contributed by atoms with van der Waals surface area (Å²) in [6.07, 6.45) is 11.3. The molecule has 3 rings (SSSR count). The highest BCUT2D eigenvalue weighted by Crippen LogP contribution is 2.33. The minimum Gasteiger partial charge on any atom is -0.310 e. The maximum Gasteiger partial charge on any atom is 0.0331 e. The molecule has 1 atom stereocenters. The lowest BCUT2D eigenvalue weighted by Crippen LogP contribution is -2.26. The fourth-order valence-electron chi connectivity index (χ4n) is 3.46. The largest absolute Gasteiger partial charge is 0.310 e. The quantitative estimate of drug-likeness (QED) is 0.839. The lowest BCUT2D eigenvalue weighted by molar-refractivity contribution is 0.417. The van der Waals surface area contributed by atoms with Gasteiger partial charge in [-0.25, -0.2) is 0 Å². The Labute approximate surface area is 109 Å². The first-order valence-electron chi connectivity index (χ1n) is 7.23. The number of thiophene rings is 1. The molecule has 2 aliphatic rings. The van der Waals surface area contributed by atoms with Gasteiger partial charge in [0.1, 0.15) is 0 Å². The first kappa shape index (κ1) is 11.7. The molecule has 1 heterocycles. The van der Waals surface area contributed by atoms with Crippen molar-refractivity contribution in [3.05, 3.63) is 21.9 Å². The van der Waals surface area contributed by atoms with E-state index in [1.165, 1.54) is 57.9 Å². The van der Waals surface area contributed by atoms with E-state index in [1.54, 1.807) is 10.4 Å². The van der Waals surface area contributed by atoms with Crippen LogP contribution in [-0.2, 0) is 6.42 Å². The first-order valence-corrected chi connectivity index (χ1v) is 8.11. The Kier molecular flexibility index (Phi) is 3.82. The average molecular weight is 249 g/mol. The van der Waals surface area contributed by atoms with Gasteiger partial charge in [0.15, 0.2) is 0 Å². The number of hydrogen-bond acceptors (Lipinski definition) is 2. The number of aryl methyl sites for hydroxylation is 1. The Bertz CT molecular complexity index is 352. The molecular formula is C15H23NS. The van der Waals surface area contributed by atoms with Crippen LogP contribution < -0.4 is 5.32 Å². The number of hydrogen-bond donors (Lipinski definition) is 1. The molecule has 0 aromatic carbocycles. The van der Waals surface area contributed by atoms with Crippen LogP contribution in [0, 0.1) is 5.92 Å². The van der Waals surface area contributed by atoms with E-state index in [9.17, 15) is 0 Å². The zero-order chi connectivity index (χ0) is 11.5. The van der Waals surface area contributed by atoms with Crippen LogP contribution >= 0.6 is 11.3 Å². The second kappa shape index (κ2) is 5.53. The van der Waals surface area contributed by atoms with Crippen molar-refractivity contribution in [3.63, 3.8) is 0 Å². The van der Waals surface area contributed by atoms with Gasteiger partial charge in [0.2, 0.25) is 0 Å². The topological polar surface area (TPSA) is 12.0 Å². The summed E-state index contributed by atoms with van der Waals surface area (Å²) >= 11 is 1.95. The molecule has 17 heavy (non-hydrogen) atoms. The van der Waals surface area contributed by atoms with Crippen molar-refractivity contribution in [2.45, 2.75) is 57.4 Å². The standard InChI is InChI=1S/C15H23NS/c1-2-5-12(4-1)8-10-16-14-6-3-7-15-13(14)9-11-17-15/h9,11-12,14,16H,1-8,10H2. The zero-order valence-corrected chi connectivity index (χ0v) is 11.4. The maximum absolute atomic E-state index is 3.80. The lowest BCUT2D eigenvalue weighted by atomic mass is 9.93. The molecule has 0 spiro atoms. The molecule has 2 heteroatoms. The minimum absolute atomic E-state index is 0.659. The Morgan fingerprint density at radius 1 is 1.18 bits per heavy atom. The second-order valence-electron chi connectivity index (χ2n) is 5.64. The summed E-state index contributed by atoms with van der Waals surface area (Å²) in [4.78, 5) is 1.63. The van der Waals surface area contributed by atoms with Crippen LogP contribution in [0.5, 0.6) is 0 Å². The Hall–Kier alpha value is -0.340. The minimum atomic E-state index is 0.659. The molecular weight excluding hydrogens is 226 g/mol. The van der Waals surface area contributed by atoms with Gasteiger partial charge in [0.05, 0.1) is 0 Å².